The molecule has 2 atom stereocenters. The van der Waals surface area contributed by atoms with Crippen molar-refractivity contribution in [1.29, 1.82) is 0 Å². The summed E-state index contributed by atoms with van der Waals surface area (Å²) in [6.45, 7) is 4.05. The van der Waals surface area contributed by atoms with E-state index < -0.39 is 17.3 Å². The van der Waals surface area contributed by atoms with Crippen molar-refractivity contribution in [3.8, 4) is 0 Å². The molecule has 0 aromatic heterocycles. The van der Waals surface area contributed by atoms with Gasteiger partial charge in [-0.05, 0) is 38.2 Å². The highest BCUT2D eigenvalue weighted by Gasteiger charge is 2.30. The van der Waals surface area contributed by atoms with Gasteiger partial charge in [-0.1, -0.05) is 18.2 Å². The minimum Gasteiger partial charge on any atom is -0.388 e. The van der Waals surface area contributed by atoms with E-state index >= 15 is 0 Å². The molecule has 6 heteroatoms. The van der Waals surface area contributed by atoms with Gasteiger partial charge >= 0.3 is 6.18 Å². The van der Waals surface area contributed by atoms with E-state index in [2.05, 4.69) is 5.32 Å². The van der Waals surface area contributed by atoms with Gasteiger partial charge in [0.05, 0.1) is 11.2 Å². The fourth-order valence-electron chi connectivity index (χ4n) is 2.06. The maximum atomic E-state index is 12.6. The molecular formula is C15H22F3NOS. The lowest BCUT2D eigenvalue weighted by Crippen LogP contribution is -2.43. The van der Waals surface area contributed by atoms with Crippen molar-refractivity contribution in [1.82, 2.24) is 5.32 Å². The normalized spacial score (nSPS) is 16.5. The molecule has 2 N–H and O–H groups in total. The second-order valence-electron chi connectivity index (χ2n) is 5.61. The largest absolute Gasteiger partial charge is 0.416 e. The van der Waals surface area contributed by atoms with Gasteiger partial charge in [0.2, 0.25) is 0 Å². The molecule has 0 heterocycles. The number of hydrogen-bond donors (Lipinski definition) is 2. The minimum absolute atomic E-state index is 0.0122. The Kier molecular flexibility index (Phi) is 6.56. The molecule has 120 valence electrons. The first-order valence-electron chi connectivity index (χ1n) is 6.75. The first-order chi connectivity index (χ1) is 9.64. The molecular weight excluding hydrogens is 299 g/mol. The van der Waals surface area contributed by atoms with Crippen molar-refractivity contribution < 1.29 is 18.3 Å². The Morgan fingerprint density at radius 1 is 1.33 bits per heavy atom. The number of hydrogen-bond acceptors (Lipinski definition) is 3. The fourth-order valence-corrected chi connectivity index (χ4v) is 2.78. The molecule has 0 fully saturated rings. The Balaban J connectivity index is 2.57. The second kappa shape index (κ2) is 7.51. The van der Waals surface area contributed by atoms with Crippen LogP contribution in [-0.4, -0.2) is 35.3 Å². The summed E-state index contributed by atoms with van der Waals surface area (Å²) in [5, 5.41) is 13.2. The zero-order chi connectivity index (χ0) is 16.1. The first kappa shape index (κ1) is 18.3. The predicted octanol–water partition coefficient (Wildman–Crippen LogP) is 3.34. The van der Waals surface area contributed by atoms with Crippen molar-refractivity contribution in [2.45, 2.75) is 38.1 Å². The van der Waals surface area contributed by atoms with E-state index in [4.69, 9.17) is 0 Å². The molecule has 21 heavy (non-hydrogen) atoms. The molecule has 0 bridgehead atoms. The summed E-state index contributed by atoms with van der Waals surface area (Å²) in [4.78, 5) is 0. The third kappa shape index (κ3) is 6.72. The average molecular weight is 321 g/mol. The Hall–Kier alpha value is -0.720. The molecule has 0 spiro atoms. The van der Waals surface area contributed by atoms with E-state index in [0.717, 1.165) is 6.07 Å². The monoisotopic (exact) mass is 321 g/mol. The molecule has 0 aliphatic rings. The minimum atomic E-state index is -4.31. The van der Waals surface area contributed by atoms with Crippen LogP contribution >= 0.6 is 11.8 Å². The van der Waals surface area contributed by atoms with Gasteiger partial charge in [-0.15, -0.1) is 0 Å². The molecule has 0 aliphatic heterocycles. The zero-order valence-corrected chi connectivity index (χ0v) is 13.3. The van der Waals surface area contributed by atoms with Crippen molar-refractivity contribution in [2.75, 3.05) is 18.6 Å². The number of halogens is 3. The number of thioether (sulfide) groups is 1. The highest BCUT2D eigenvalue weighted by atomic mass is 32.2. The summed E-state index contributed by atoms with van der Waals surface area (Å²) in [5.74, 6) is 0.607. The summed E-state index contributed by atoms with van der Waals surface area (Å²) in [6.07, 6.45) is -1.91. The maximum Gasteiger partial charge on any atom is 0.416 e. The van der Waals surface area contributed by atoms with E-state index in [-0.39, 0.29) is 6.04 Å². The standard InChI is InChI=1S/C15H22F3NOS/c1-11(19-9-14(2,20)10-21-3)7-12-5-4-6-13(8-12)15(16,17)18/h4-6,8,11,19-20H,7,9-10H2,1-3H3/t11-,14+/m0/s1. The van der Waals surface area contributed by atoms with Crippen LogP contribution in [0.4, 0.5) is 13.2 Å². The van der Waals surface area contributed by atoms with E-state index in [1.807, 2.05) is 13.2 Å². The van der Waals surface area contributed by atoms with Crippen molar-refractivity contribution >= 4 is 11.8 Å². The lowest BCUT2D eigenvalue weighted by Gasteiger charge is -2.25. The quantitative estimate of drug-likeness (QED) is 0.808. The third-order valence-corrected chi connectivity index (χ3v) is 3.99. The Labute approximate surface area is 128 Å². The van der Waals surface area contributed by atoms with Crippen LogP contribution in [-0.2, 0) is 12.6 Å². The summed E-state index contributed by atoms with van der Waals surface area (Å²) in [5.41, 5.74) is -0.808. The van der Waals surface area contributed by atoms with E-state index in [9.17, 15) is 18.3 Å². The fraction of sp³-hybridized carbons (Fsp3) is 0.600. The number of rotatable bonds is 7. The predicted molar refractivity (Wildman–Crippen MR) is 81.6 cm³/mol. The van der Waals surface area contributed by atoms with Crippen LogP contribution in [0.5, 0.6) is 0 Å². The van der Waals surface area contributed by atoms with Crippen LogP contribution in [0, 0.1) is 0 Å². The van der Waals surface area contributed by atoms with E-state index in [1.165, 1.54) is 12.1 Å². The van der Waals surface area contributed by atoms with Crippen molar-refractivity contribution in [3.63, 3.8) is 0 Å². The van der Waals surface area contributed by atoms with Gasteiger partial charge in [-0.25, -0.2) is 0 Å². The molecule has 2 nitrogen and oxygen atoms in total. The Bertz CT molecular complexity index is 449. The third-order valence-electron chi connectivity index (χ3n) is 3.08. The lowest BCUT2D eigenvalue weighted by molar-refractivity contribution is -0.137. The molecule has 0 amide bonds. The topological polar surface area (TPSA) is 32.3 Å². The van der Waals surface area contributed by atoms with Crippen LogP contribution in [0.15, 0.2) is 24.3 Å². The van der Waals surface area contributed by atoms with Crippen LogP contribution in [0.2, 0.25) is 0 Å². The van der Waals surface area contributed by atoms with Crippen molar-refractivity contribution in [2.24, 2.45) is 0 Å². The molecule has 1 aromatic carbocycles. The van der Waals surface area contributed by atoms with Crippen LogP contribution < -0.4 is 5.32 Å². The number of aliphatic hydroxyl groups is 1. The molecule has 0 radical (unpaired) electrons. The van der Waals surface area contributed by atoms with Gasteiger partial charge in [0.25, 0.3) is 0 Å². The van der Waals surface area contributed by atoms with Crippen molar-refractivity contribution in [3.05, 3.63) is 35.4 Å². The van der Waals surface area contributed by atoms with Gasteiger partial charge in [-0.3, -0.25) is 0 Å². The highest BCUT2D eigenvalue weighted by molar-refractivity contribution is 7.98. The summed E-state index contributed by atoms with van der Waals surface area (Å²) in [7, 11) is 0. The van der Waals surface area contributed by atoms with E-state index in [1.54, 1.807) is 24.8 Å². The smallest absolute Gasteiger partial charge is 0.388 e. The van der Waals surface area contributed by atoms with Gasteiger partial charge in [0, 0.05) is 18.3 Å². The summed E-state index contributed by atoms with van der Waals surface area (Å²) >= 11 is 1.55. The summed E-state index contributed by atoms with van der Waals surface area (Å²) < 4.78 is 37.9. The van der Waals surface area contributed by atoms with Gasteiger partial charge in [-0.2, -0.15) is 24.9 Å². The Morgan fingerprint density at radius 3 is 2.57 bits per heavy atom. The molecule has 0 saturated heterocycles. The number of nitrogens with one attached hydrogen (secondary N) is 1. The highest BCUT2D eigenvalue weighted by Crippen LogP contribution is 2.29. The molecule has 0 saturated carbocycles. The number of alkyl halides is 3. The second-order valence-corrected chi connectivity index (χ2v) is 6.48. The van der Waals surface area contributed by atoms with Gasteiger partial charge in [0.1, 0.15) is 0 Å². The molecule has 0 unspecified atom stereocenters. The molecule has 1 rings (SSSR count). The Morgan fingerprint density at radius 2 is 2.00 bits per heavy atom. The lowest BCUT2D eigenvalue weighted by atomic mass is 10.0. The zero-order valence-electron chi connectivity index (χ0n) is 12.5. The molecule has 0 aliphatic carbocycles. The van der Waals surface area contributed by atoms with Crippen LogP contribution in [0.3, 0.4) is 0 Å². The first-order valence-corrected chi connectivity index (χ1v) is 8.14. The van der Waals surface area contributed by atoms with Gasteiger partial charge < -0.3 is 10.4 Å². The summed E-state index contributed by atoms with van der Waals surface area (Å²) in [6, 6.07) is 5.35. The average Bonchev–Trinajstić information content (AvgIpc) is 2.36. The SMILES string of the molecule is CSC[C@](C)(O)CN[C@@H](C)Cc1cccc(C(F)(F)F)c1. The van der Waals surface area contributed by atoms with E-state index in [0.29, 0.717) is 24.3 Å². The molecule has 1 aromatic rings. The van der Waals surface area contributed by atoms with Crippen LogP contribution in [0.1, 0.15) is 25.0 Å². The van der Waals surface area contributed by atoms with Gasteiger partial charge in [0.15, 0.2) is 0 Å². The maximum absolute atomic E-state index is 12.6. The van der Waals surface area contributed by atoms with Crippen LogP contribution in [0.25, 0.3) is 0 Å². The number of benzene rings is 1.